The van der Waals surface area contributed by atoms with Crippen molar-refractivity contribution in [3.63, 3.8) is 0 Å². The van der Waals surface area contributed by atoms with Gasteiger partial charge in [0, 0.05) is 19.6 Å². The first-order chi connectivity index (χ1) is 11.4. The van der Waals surface area contributed by atoms with Gasteiger partial charge in [-0.15, -0.1) is 0 Å². The first kappa shape index (κ1) is 20.6. The van der Waals surface area contributed by atoms with Crippen LogP contribution in [0.15, 0.2) is 4.99 Å². The summed E-state index contributed by atoms with van der Waals surface area (Å²) < 4.78 is 0. The maximum Gasteiger partial charge on any atom is 0.191 e. The molecular formula is C18H38N4S. The summed E-state index contributed by atoms with van der Waals surface area (Å²) in [6.07, 6.45) is 12.7. The Kier molecular flexibility index (Phi) is 13.6. The smallest absolute Gasteiger partial charge is 0.191 e. The summed E-state index contributed by atoms with van der Waals surface area (Å²) >= 11 is 1.93. The predicted octanol–water partition coefficient (Wildman–Crippen LogP) is 3.34. The molecule has 136 valence electrons. The van der Waals surface area contributed by atoms with Crippen LogP contribution in [0.2, 0.25) is 0 Å². The summed E-state index contributed by atoms with van der Waals surface area (Å²) in [5.74, 6) is 2.25. The predicted molar refractivity (Wildman–Crippen MR) is 106 cm³/mol. The third-order valence-electron chi connectivity index (χ3n) is 4.26. The molecule has 0 aliphatic carbocycles. The molecule has 0 saturated carbocycles. The number of hydrogen-bond donors (Lipinski definition) is 2. The van der Waals surface area contributed by atoms with E-state index in [9.17, 15) is 0 Å². The van der Waals surface area contributed by atoms with Crippen molar-refractivity contribution in [3.05, 3.63) is 0 Å². The van der Waals surface area contributed by atoms with Crippen LogP contribution in [0.4, 0.5) is 0 Å². The maximum absolute atomic E-state index is 4.69. The molecule has 0 radical (unpaired) electrons. The van der Waals surface area contributed by atoms with Crippen molar-refractivity contribution >= 4 is 17.7 Å². The standard InChI is InChI=1S/C18H38N4S/c1-3-19-18(21-13-7-11-17-23-2)20-12-6-4-8-14-22-15-9-5-10-16-22/h3-17H2,1-2H3,(H2,19,20,21). The SMILES string of the molecule is CCNC(=NCCCCCN1CCCCC1)NCCCCSC. The molecule has 1 rings (SSSR count). The molecule has 0 spiro atoms. The van der Waals surface area contributed by atoms with E-state index in [1.165, 1.54) is 76.8 Å². The zero-order valence-corrected chi connectivity index (χ0v) is 16.2. The lowest BCUT2D eigenvalue weighted by Gasteiger charge is -2.26. The van der Waals surface area contributed by atoms with Crippen molar-refractivity contribution in [1.82, 2.24) is 15.5 Å². The van der Waals surface area contributed by atoms with Gasteiger partial charge in [0.15, 0.2) is 5.96 Å². The molecule has 5 heteroatoms. The van der Waals surface area contributed by atoms with Crippen molar-refractivity contribution < 1.29 is 0 Å². The molecule has 1 fully saturated rings. The summed E-state index contributed by atoms with van der Waals surface area (Å²) in [5, 5.41) is 6.79. The number of nitrogens with zero attached hydrogens (tertiary/aromatic N) is 2. The van der Waals surface area contributed by atoms with E-state index < -0.39 is 0 Å². The second-order valence-electron chi connectivity index (χ2n) is 6.35. The lowest BCUT2D eigenvalue weighted by atomic mass is 10.1. The summed E-state index contributed by atoms with van der Waals surface area (Å²) in [5.41, 5.74) is 0. The largest absolute Gasteiger partial charge is 0.357 e. The van der Waals surface area contributed by atoms with Crippen LogP contribution in [0.1, 0.15) is 58.3 Å². The molecule has 1 saturated heterocycles. The second-order valence-corrected chi connectivity index (χ2v) is 7.34. The number of guanidine groups is 1. The van der Waals surface area contributed by atoms with Crippen molar-refractivity contribution in [2.24, 2.45) is 4.99 Å². The normalized spacial score (nSPS) is 16.5. The van der Waals surface area contributed by atoms with Crippen molar-refractivity contribution in [2.75, 3.05) is 51.3 Å². The van der Waals surface area contributed by atoms with Crippen LogP contribution in [0, 0.1) is 0 Å². The van der Waals surface area contributed by atoms with E-state index >= 15 is 0 Å². The molecule has 0 aromatic rings. The van der Waals surface area contributed by atoms with Crippen LogP contribution in [0.3, 0.4) is 0 Å². The highest BCUT2D eigenvalue weighted by atomic mass is 32.2. The Morgan fingerprint density at radius 2 is 1.83 bits per heavy atom. The molecular weight excluding hydrogens is 304 g/mol. The quantitative estimate of drug-likeness (QED) is 0.324. The number of unbranched alkanes of at least 4 members (excludes halogenated alkanes) is 3. The minimum atomic E-state index is 0.936. The van der Waals surface area contributed by atoms with Gasteiger partial charge >= 0.3 is 0 Å². The molecule has 2 N–H and O–H groups in total. The summed E-state index contributed by atoms with van der Waals surface area (Å²) in [6.45, 7) is 8.97. The van der Waals surface area contributed by atoms with Crippen molar-refractivity contribution in [1.29, 1.82) is 0 Å². The Hall–Kier alpha value is -0.420. The van der Waals surface area contributed by atoms with Gasteiger partial charge in [0.25, 0.3) is 0 Å². The van der Waals surface area contributed by atoms with E-state index in [-0.39, 0.29) is 0 Å². The Morgan fingerprint density at radius 1 is 1.00 bits per heavy atom. The molecule has 0 unspecified atom stereocenters. The van der Waals surface area contributed by atoms with E-state index in [4.69, 9.17) is 4.99 Å². The van der Waals surface area contributed by atoms with Gasteiger partial charge in [0.05, 0.1) is 0 Å². The van der Waals surface area contributed by atoms with Crippen LogP contribution < -0.4 is 10.6 Å². The van der Waals surface area contributed by atoms with Gasteiger partial charge in [0.1, 0.15) is 0 Å². The van der Waals surface area contributed by atoms with Crippen LogP contribution in [0.25, 0.3) is 0 Å². The third kappa shape index (κ3) is 11.7. The molecule has 0 aromatic heterocycles. The highest BCUT2D eigenvalue weighted by Gasteiger charge is 2.08. The molecule has 0 amide bonds. The van der Waals surface area contributed by atoms with Gasteiger partial charge < -0.3 is 15.5 Å². The van der Waals surface area contributed by atoms with E-state index in [1.54, 1.807) is 0 Å². The fourth-order valence-electron chi connectivity index (χ4n) is 2.92. The molecule has 0 atom stereocenters. The van der Waals surface area contributed by atoms with E-state index in [1.807, 2.05) is 11.8 Å². The summed E-state index contributed by atoms with van der Waals surface area (Å²) in [7, 11) is 0. The molecule has 23 heavy (non-hydrogen) atoms. The average molecular weight is 343 g/mol. The highest BCUT2D eigenvalue weighted by molar-refractivity contribution is 7.98. The van der Waals surface area contributed by atoms with Gasteiger partial charge in [-0.05, 0) is 77.1 Å². The van der Waals surface area contributed by atoms with E-state index in [0.29, 0.717) is 0 Å². The summed E-state index contributed by atoms with van der Waals surface area (Å²) in [6, 6.07) is 0. The Balaban J connectivity index is 2.03. The Labute approximate surface area is 148 Å². The zero-order chi connectivity index (χ0) is 16.6. The highest BCUT2D eigenvalue weighted by Crippen LogP contribution is 2.09. The van der Waals surface area contributed by atoms with Crippen LogP contribution in [-0.2, 0) is 0 Å². The van der Waals surface area contributed by atoms with Gasteiger partial charge in [-0.1, -0.05) is 12.8 Å². The van der Waals surface area contributed by atoms with Gasteiger partial charge in [-0.3, -0.25) is 4.99 Å². The Bertz CT molecular complexity index is 291. The molecule has 1 heterocycles. The van der Waals surface area contributed by atoms with Gasteiger partial charge in [-0.25, -0.2) is 0 Å². The van der Waals surface area contributed by atoms with Crippen LogP contribution >= 0.6 is 11.8 Å². The number of hydrogen-bond acceptors (Lipinski definition) is 3. The van der Waals surface area contributed by atoms with Crippen molar-refractivity contribution in [3.8, 4) is 0 Å². The van der Waals surface area contributed by atoms with Crippen LogP contribution in [-0.4, -0.2) is 62.1 Å². The topological polar surface area (TPSA) is 39.7 Å². The zero-order valence-electron chi connectivity index (χ0n) is 15.4. The first-order valence-corrected chi connectivity index (χ1v) is 11.0. The minimum Gasteiger partial charge on any atom is -0.357 e. The Morgan fingerprint density at radius 3 is 2.57 bits per heavy atom. The number of piperidine rings is 1. The molecule has 1 aliphatic rings. The molecule has 0 bridgehead atoms. The van der Waals surface area contributed by atoms with Gasteiger partial charge in [-0.2, -0.15) is 11.8 Å². The third-order valence-corrected chi connectivity index (χ3v) is 4.96. The molecule has 4 nitrogen and oxygen atoms in total. The minimum absolute atomic E-state index is 0.936. The summed E-state index contributed by atoms with van der Waals surface area (Å²) in [4.78, 5) is 7.32. The number of rotatable bonds is 12. The lowest BCUT2D eigenvalue weighted by Crippen LogP contribution is -2.37. The van der Waals surface area contributed by atoms with Crippen molar-refractivity contribution in [2.45, 2.75) is 58.3 Å². The fourth-order valence-corrected chi connectivity index (χ4v) is 3.41. The van der Waals surface area contributed by atoms with Crippen LogP contribution in [0.5, 0.6) is 0 Å². The lowest BCUT2D eigenvalue weighted by molar-refractivity contribution is 0.224. The average Bonchev–Trinajstić information content (AvgIpc) is 2.58. The number of thioether (sulfide) groups is 1. The number of nitrogens with one attached hydrogen (secondary N) is 2. The monoisotopic (exact) mass is 342 g/mol. The van der Waals surface area contributed by atoms with E-state index in [0.717, 1.165) is 25.6 Å². The fraction of sp³-hybridized carbons (Fsp3) is 0.944. The van der Waals surface area contributed by atoms with Gasteiger partial charge in [0.2, 0.25) is 0 Å². The molecule has 0 aromatic carbocycles. The van der Waals surface area contributed by atoms with E-state index in [2.05, 4.69) is 28.7 Å². The maximum atomic E-state index is 4.69. The first-order valence-electron chi connectivity index (χ1n) is 9.60. The second kappa shape index (κ2) is 15.1. The number of likely N-dealkylation sites (tertiary alicyclic amines) is 1. The molecule has 1 aliphatic heterocycles. The number of aliphatic imine (C=N–C) groups is 1.